The first-order chi connectivity index (χ1) is 15.4. The molecule has 1 amide bonds. The van der Waals surface area contributed by atoms with Crippen molar-refractivity contribution in [3.05, 3.63) is 106 Å². The van der Waals surface area contributed by atoms with Crippen LogP contribution < -0.4 is 15.9 Å². The molecule has 0 unspecified atom stereocenters. The van der Waals surface area contributed by atoms with Crippen molar-refractivity contribution in [3.8, 4) is 5.75 Å². The smallest absolute Gasteiger partial charge is 0.259 e. The molecular formula is C25H26FN3O2S. The number of para-hydroxylation sites is 1. The number of benzene rings is 2. The lowest BCUT2D eigenvalue weighted by molar-refractivity contribution is 0.0962. The Morgan fingerprint density at radius 3 is 2.56 bits per heavy atom. The maximum Gasteiger partial charge on any atom is 0.259 e. The van der Waals surface area contributed by atoms with Crippen molar-refractivity contribution in [1.82, 2.24) is 10.3 Å². The van der Waals surface area contributed by atoms with Crippen molar-refractivity contribution in [2.24, 2.45) is 5.84 Å². The molecule has 0 radical (unpaired) electrons. The zero-order valence-corrected chi connectivity index (χ0v) is 18.9. The van der Waals surface area contributed by atoms with Crippen molar-refractivity contribution in [3.63, 3.8) is 0 Å². The molecule has 5 nitrogen and oxygen atoms in total. The van der Waals surface area contributed by atoms with Crippen LogP contribution in [0.4, 0.5) is 4.39 Å². The van der Waals surface area contributed by atoms with Gasteiger partial charge >= 0.3 is 0 Å². The standard InChI is InChI=1S/C25H26FN3O2S/c1-17(28-25(30)21-12-7-13-22(26)24(21)31-3)23(19-9-5-4-6-10-19)18(2)29(27)15-14-20-11-8-16-32-20/h4-13,16H,2,14-15,27H2,1,3H3,(H,28,30)/b23-17+. The first-order valence-electron chi connectivity index (χ1n) is 10.1. The van der Waals surface area contributed by atoms with E-state index in [1.165, 1.54) is 30.2 Å². The topological polar surface area (TPSA) is 67.6 Å². The third kappa shape index (κ3) is 5.43. The molecule has 2 aromatic carbocycles. The predicted molar refractivity (Wildman–Crippen MR) is 128 cm³/mol. The van der Waals surface area contributed by atoms with E-state index in [-0.39, 0.29) is 11.3 Å². The third-order valence-electron chi connectivity index (χ3n) is 4.97. The number of halogens is 1. The van der Waals surface area contributed by atoms with Gasteiger partial charge in [0.05, 0.1) is 18.4 Å². The van der Waals surface area contributed by atoms with Crippen LogP contribution in [0.1, 0.15) is 27.7 Å². The summed E-state index contributed by atoms with van der Waals surface area (Å²) in [6.07, 6.45) is 0.779. The number of carbonyl (C=O) groups is 1. The van der Waals surface area contributed by atoms with Crippen LogP contribution >= 0.6 is 11.3 Å². The summed E-state index contributed by atoms with van der Waals surface area (Å²) in [6.45, 7) is 6.52. The van der Waals surface area contributed by atoms with Gasteiger partial charge in [-0.15, -0.1) is 11.3 Å². The lowest BCUT2D eigenvalue weighted by Gasteiger charge is -2.25. The van der Waals surface area contributed by atoms with Gasteiger partial charge in [0.25, 0.3) is 5.91 Å². The minimum absolute atomic E-state index is 0.103. The van der Waals surface area contributed by atoms with E-state index in [4.69, 9.17) is 10.6 Å². The number of thiophene rings is 1. The molecule has 1 aromatic heterocycles. The zero-order chi connectivity index (χ0) is 23.1. The highest BCUT2D eigenvalue weighted by Crippen LogP contribution is 2.28. The van der Waals surface area contributed by atoms with Gasteiger partial charge in [0, 0.05) is 29.1 Å². The molecule has 0 saturated carbocycles. The zero-order valence-electron chi connectivity index (χ0n) is 18.1. The Morgan fingerprint density at radius 1 is 1.16 bits per heavy atom. The van der Waals surface area contributed by atoms with Crippen LogP contribution in [-0.2, 0) is 6.42 Å². The number of amides is 1. The molecule has 0 aliphatic rings. The van der Waals surface area contributed by atoms with Gasteiger partial charge in [-0.2, -0.15) is 0 Å². The van der Waals surface area contributed by atoms with E-state index in [2.05, 4.69) is 18.0 Å². The number of rotatable bonds is 9. The molecular weight excluding hydrogens is 425 g/mol. The summed E-state index contributed by atoms with van der Waals surface area (Å²) in [5.74, 6) is 5.15. The average molecular weight is 452 g/mol. The predicted octanol–water partition coefficient (Wildman–Crippen LogP) is 4.99. The molecule has 0 aliphatic heterocycles. The van der Waals surface area contributed by atoms with Gasteiger partial charge < -0.3 is 15.1 Å². The fourth-order valence-corrected chi connectivity index (χ4v) is 4.06. The van der Waals surface area contributed by atoms with Crippen LogP contribution in [0.2, 0.25) is 0 Å². The van der Waals surface area contributed by atoms with E-state index < -0.39 is 11.7 Å². The number of hydrogen-bond donors (Lipinski definition) is 2. The summed E-state index contributed by atoms with van der Waals surface area (Å²) in [4.78, 5) is 14.2. The molecule has 0 bridgehead atoms. The monoisotopic (exact) mass is 451 g/mol. The molecule has 0 atom stereocenters. The number of carbonyl (C=O) groups excluding carboxylic acids is 1. The summed E-state index contributed by atoms with van der Waals surface area (Å²) in [7, 11) is 1.33. The summed E-state index contributed by atoms with van der Waals surface area (Å²) >= 11 is 1.67. The average Bonchev–Trinajstić information content (AvgIpc) is 3.31. The van der Waals surface area contributed by atoms with Gasteiger partial charge in [-0.05, 0) is 36.1 Å². The van der Waals surface area contributed by atoms with Crippen molar-refractivity contribution in [2.45, 2.75) is 13.3 Å². The van der Waals surface area contributed by atoms with Crippen LogP contribution in [-0.4, -0.2) is 24.6 Å². The molecule has 3 N–H and O–H groups in total. The molecule has 0 saturated heterocycles. The van der Waals surface area contributed by atoms with Gasteiger partial charge in [-0.1, -0.05) is 49.0 Å². The fraction of sp³-hybridized carbons (Fsp3) is 0.160. The number of hydrogen-bond acceptors (Lipinski definition) is 5. The van der Waals surface area contributed by atoms with Crippen LogP contribution in [0.3, 0.4) is 0 Å². The van der Waals surface area contributed by atoms with Crippen LogP contribution in [0.25, 0.3) is 5.57 Å². The molecule has 0 spiro atoms. The third-order valence-corrected chi connectivity index (χ3v) is 5.90. The minimum Gasteiger partial charge on any atom is -0.493 e. The quantitative estimate of drug-likeness (QED) is 0.273. The van der Waals surface area contributed by atoms with E-state index in [1.807, 2.05) is 41.8 Å². The summed E-state index contributed by atoms with van der Waals surface area (Å²) in [5, 5.41) is 6.47. The first kappa shape index (κ1) is 23.2. The Kier molecular flexibility index (Phi) is 7.81. The second-order valence-corrected chi connectivity index (χ2v) is 8.14. The van der Waals surface area contributed by atoms with Crippen molar-refractivity contribution < 1.29 is 13.9 Å². The van der Waals surface area contributed by atoms with E-state index >= 15 is 0 Å². The van der Waals surface area contributed by atoms with Gasteiger partial charge in [0.2, 0.25) is 0 Å². The number of methoxy groups -OCH3 is 1. The lowest BCUT2D eigenvalue weighted by atomic mass is 10.0. The normalized spacial score (nSPS) is 11.5. The molecule has 1 heterocycles. The van der Waals surface area contributed by atoms with Crippen LogP contribution in [0.5, 0.6) is 5.75 Å². The maximum absolute atomic E-state index is 14.1. The molecule has 3 rings (SSSR count). The van der Waals surface area contributed by atoms with Gasteiger partial charge in [-0.3, -0.25) is 4.79 Å². The van der Waals surface area contributed by atoms with Crippen molar-refractivity contribution in [2.75, 3.05) is 13.7 Å². The summed E-state index contributed by atoms with van der Waals surface area (Å²) < 4.78 is 19.1. The SMILES string of the molecule is C=C(/C(=C(/C)NC(=O)c1cccc(F)c1OC)c1ccccc1)N(N)CCc1cccs1. The number of ether oxygens (including phenoxy) is 1. The number of nitrogens with two attached hydrogens (primary N) is 1. The van der Waals surface area contributed by atoms with Gasteiger partial charge in [0.15, 0.2) is 11.6 Å². The molecule has 3 aromatic rings. The minimum atomic E-state index is -0.601. The van der Waals surface area contributed by atoms with Crippen molar-refractivity contribution in [1.29, 1.82) is 0 Å². The summed E-state index contributed by atoms with van der Waals surface area (Å²) in [6, 6.07) is 17.9. The number of hydrazine groups is 1. The molecule has 0 aliphatic carbocycles. The number of nitrogens with one attached hydrogen (secondary N) is 1. The van der Waals surface area contributed by atoms with Crippen LogP contribution in [0, 0.1) is 5.82 Å². The van der Waals surface area contributed by atoms with E-state index in [1.54, 1.807) is 23.3 Å². The van der Waals surface area contributed by atoms with Gasteiger partial charge in [0.1, 0.15) is 0 Å². The Hall–Kier alpha value is -3.42. The Morgan fingerprint density at radius 2 is 1.91 bits per heavy atom. The lowest BCUT2D eigenvalue weighted by Crippen LogP contribution is -2.33. The van der Waals surface area contributed by atoms with E-state index in [0.717, 1.165) is 12.0 Å². The molecule has 32 heavy (non-hydrogen) atoms. The highest BCUT2D eigenvalue weighted by Gasteiger charge is 2.19. The number of allylic oxidation sites excluding steroid dienone is 2. The fourth-order valence-electron chi connectivity index (χ4n) is 3.36. The second-order valence-electron chi connectivity index (χ2n) is 7.11. The number of nitrogens with zero attached hydrogens (tertiary/aromatic N) is 1. The van der Waals surface area contributed by atoms with Crippen LogP contribution in [0.15, 0.2) is 84.0 Å². The maximum atomic E-state index is 14.1. The second kappa shape index (κ2) is 10.7. The highest BCUT2D eigenvalue weighted by molar-refractivity contribution is 7.09. The molecule has 0 fully saturated rings. The highest BCUT2D eigenvalue weighted by atomic mass is 32.1. The van der Waals surface area contributed by atoms with Gasteiger partial charge in [-0.25, -0.2) is 10.2 Å². The van der Waals surface area contributed by atoms with E-state index in [0.29, 0.717) is 23.5 Å². The Labute approximate surface area is 191 Å². The largest absolute Gasteiger partial charge is 0.493 e. The Balaban J connectivity index is 1.89. The van der Waals surface area contributed by atoms with Crippen molar-refractivity contribution >= 4 is 22.8 Å². The Bertz CT molecular complexity index is 1110. The molecule has 7 heteroatoms. The summed E-state index contributed by atoms with van der Waals surface area (Å²) in [5.41, 5.74) is 2.77. The first-order valence-corrected chi connectivity index (χ1v) is 10.9. The van der Waals surface area contributed by atoms with E-state index in [9.17, 15) is 9.18 Å². The molecule has 166 valence electrons.